The minimum Gasteiger partial charge on any atom is -0.399 e. The average molecular weight is 365 g/mol. The van der Waals surface area contributed by atoms with Crippen molar-refractivity contribution in [3.05, 3.63) is 108 Å². The van der Waals surface area contributed by atoms with Gasteiger partial charge in [-0.15, -0.1) is 0 Å². The Morgan fingerprint density at radius 1 is 0.679 bits per heavy atom. The number of rotatable bonds is 2. The van der Waals surface area contributed by atoms with Gasteiger partial charge in [0, 0.05) is 29.5 Å². The van der Waals surface area contributed by atoms with Gasteiger partial charge in [0.1, 0.15) is 5.69 Å². The quantitative estimate of drug-likeness (QED) is 0.410. The highest BCUT2D eigenvalue weighted by molar-refractivity contribution is 5.78. The van der Waals surface area contributed by atoms with Gasteiger partial charge in [-0.3, -0.25) is 4.98 Å². The topological polar surface area (TPSA) is 89.8 Å². The second kappa shape index (κ2) is 6.09. The van der Waals surface area contributed by atoms with Crippen molar-refractivity contribution in [2.75, 3.05) is 16.8 Å². The predicted molar refractivity (Wildman–Crippen MR) is 112 cm³/mol. The summed E-state index contributed by atoms with van der Waals surface area (Å²) in [5.74, 6) is 0.745. The Labute approximate surface area is 163 Å². The summed E-state index contributed by atoms with van der Waals surface area (Å²) in [6, 6.07) is 24.2. The van der Waals surface area contributed by atoms with E-state index in [1.165, 1.54) is 0 Å². The van der Waals surface area contributed by atoms with Gasteiger partial charge in [0.15, 0.2) is 5.82 Å². The minimum atomic E-state index is -0.632. The van der Waals surface area contributed by atoms with Crippen molar-refractivity contribution >= 4 is 22.9 Å². The van der Waals surface area contributed by atoms with Crippen molar-refractivity contribution in [3.8, 4) is 0 Å². The van der Waals surface area contributed by atoms with Crippen LogP contribution in [-0.4, -0.2) is 9.97 Å². The Morgan fingerprint density at radius 2 is 1.25 bits per heavy atom. The summed E-state index contributed by atoms with van der Waals surface area (Å²) in [7, 11) is 0. The molecule has 5 heteroatoms. The molecule has 0 spiro atoms. The smallest absolute Gasteiger partial charge is 0.153 e. The van der Waals surface area contributed by atoms with Gasteiger partial charge in [0.2, 0.25) is 0 Å². The number of nitrogen functional groups attached to an aromatic ring is 2. The van der Waals surface area contributed by atoms with E-state index < -0.39 is 5.41 Å². The molecule has 0 bridgehead atoms. The molecule has 4 aromatic rings. The van der Waals surface area contributed by atoms with Crippen molar-refractivity contribution in [1.82, 2.24) is 9.97 Å². The van der Waals surface area contributed by atoms with E-state index in [4.69, 9.17) is 16.5 Å². The summed E-state index contributed by atoms with van der Waals surface area (Å²) in [6.07, 6.45) is 3.44. The number of aromatic nitrogens is 2. The molecular formula is C23H19N5. The van der Waals surface area contributed by atoms with Crippen LogP contribution in [0.15, 0.2) is 85.2 Å². The van der Waals surface area contributed by atoms with Crippen LogP contribution >= 0.6 is 0 Å². The Bertz CT molecular complexity index is 1060. The molecule has 0 atom stereocenters. The fourth-order valence-corrected chi connectivity index (χ4v) is 4.10. The van der Waals surface area contributed by atoms with Gasteiger partial charge in [0.25, 0.3) is 0 Å². The maximum Gasteiger partial charge on any atom is 0.153 e. The van der Waals surface area contributed by atoms with Crippen molar-refractivity contribution in [2.24, 2.45) is 0 Å². The van der Waals surface area contributed by atoms with Gasteiger partial charge in [-0.1, -0.05) is 42.5 Å². The lowest BCUT2D eigenvalue weighted by molar-refractivity contribution is 0.703. The zero-order chi connectivity index (χ0) is 19.1. The lowest BCUT2D eigenvalue weighted by atomic mass is 9.65. The van der Waals surface area contributed by atoms with Gasteiger partial charge >= 0.3 is 0 Å². The van der Waals surface area contributed by atoms with E-state index in [0.717, 1.165) is 45.3 Å². The number of benzene rings is 3. The SMILES string of the molecule is Nc1ccc(C2(c3ccc(N)cc3)c3ccccc3Nc3nccnc32)cc1. The molecule has 0 radical (unpaired) electrons. The molecule has 1 aliphatic heterocycles. The van der Waals surface area contributed by atoms with Crippen LogP contribution in [0.3, 0.4) is 0 Å². The monoisotopic (exact) mass is 365 g/mol. The Balaban J connectivity index is 1.94. The van der Waals surface area contributed by atoms with Crippen LogP contribution in [0.5, 0.6) is 0 Å². The number of anilines is 4. The van der Waals surface area contributed by atoms with Crippen molar-refractivity contribution < 1.29 is 0 Å². The fraction of sp³-hybridized carbons (Fsp3) is 0.0435. The molecule has 2 heterocycles. The van der Waals surface area contributed by atoms with Crippen LogP contribution < -0.4 is 16.8 Å². The van der Waals surface area contributed by atoms with E-state index in [9.17, 15) is 0 Å². The Hall–Kier alpha value is -3.86. The molecule has 5 N–H and O–H groups in total. The maximum absolute atomic E-state index is 5.99. The second-order valence-electron chi connectivity index (χ2n) is 6.92. The predicted octanol–water partition coefficient (Wildman–Crippen LogP) is 4.08. The summed E-state index contributed by atoms with van der Waals surface area (Å²) < 4.78 is 0. The molecule has 1 aromatic heterocycles. The van der Waals surface area contributed by atoms with Crippen LogP contribution in [0.4, 0.5) is 22.9 Å². The lowest BCUT2D eigenvalue weighted by Crippen LogP contribution is -2.36. The molecule has 5 rings (SSSR count). The molecule has 1 aliphatic rings. The molecule has 136 valence electrons. The molecule has 0 amide bonds. The molecule has 3 aromatic carbocycles. The van der Waals surface area contributed by atoms with Gasteiger partial charge in [-0.25, -0.2) is 4.98 Å². The van der Waals surface area contributed by atoms with Gasteiger partial charge in [-0.05, 0) is 47.0 Å². The van der Waals surface area contributed by atoms with Crippen molar-refractivity contribution in [1.29, 1.82) is 0 Å². The zero-order valence-corrected chi connectivity index (χ0v) is 15.1. The highest BCUT2D eigenvalue weighted by Gasteiger charge is 2.45. The summed E-state index contributed by atoms with van der Waals surface area (Å²) in [4.78, 5) is 9.36. The van der Waals surface area contributed by atoms with Crippen LogP contribution in [0.2, 0.25) is 0 Å². The minimum absolute atomic E-state index is 0.632. The van der Waals surface area contributed by atoms with Crippen LogP contribution in [0.1, 0.15) is 22.4 Å². The van der Waals surface area contributed by atoms with E-state index in [2.05, 4.69) is 46.7 Å². The van der Waals surface area contributed by atoms with Gasteiger partial charge < -0.3 is 16.8 Å². The summed E-state index contributed by atoms with van der Waals surface area (Å²) in [6.45, 7) is 0. The highest BCUT2D eigenvalue weighted by atomic mass is 15.0. The zero-order valence-electron chi connectivity index (χ0n) is 15.1. The van der Waals surface area contributed by atoms with Crippen LogP contribution in [0, 0.1) is 0 Å². The van der Waals surface area contributed by atoms with Crippen molar-refractivity contribution in [3.63, 3.8) is 0 Å². The second-order valence-corrected chi connectivity index (χ2v) is 6.92. The molecule has 5 nitrogen and oxygen atoms in total. The largest absolute Gasteiger partial charge is 0.399 e. The summed E-state index contributed by atoms with van der Waals surface area (Å²) >= 11 is 0. The van der Waals surface area contributed by atoms with Gasteiger partial charge in [0.05, 0.1) is 5.41 Å². The molecule has 0 saturated heterocycles. The number of nitrogens with two attached hydrogens (primary N) is 2. The van der Waals surface area contributed by atoms with E-state index in [1.807, 2.05) is 36.4 Å². The molecule has 0 unspecified atom stereocenters. The maximum atomic E-state index is 5.99. The number of hydrogen-bond acceptors (Lipinski definition) is 5. The average Bonchev–Trinajstić information content (AvgIpc) is 2.73. The number of hydrogen-bond donors (Lipinski definition) is 3. The van der Waals surface area contributed by atoms with E-state index >= 15 is 0 Å². The third-order valence-electron chi connectivity index (χ3n) is 5.32. The number of fused-ring (bicyclic) bond motifs is 2. The fourth-order valence-electron chi connectivity index (χ4n) is 4.10. The summed E-state index contributed by atoms with van der Waals surface area (Å²) in [5, 5.41) is 3.43. The normalized spacial score (nSPS) is 13.9. The highest BCUT2D eigenvalue weighted by Crippen LogP contribution is 2.52. The first kappa shape index (κ1) is 16.3. The first-order valence-corrected chi connectivity index (χ1v) is 9.09. The van der Waals surface area contributed by atoms with Crippen LogP contribution in [0.25, 0.3) is 0 Å². The molecule has 0 fully saturated rings. The lowest BCUT2D eigenvalue weighted by Gasteiger charge is -2.40. The Kier molecular flexibility index (Phi) is 3.55. The number of nitrogens with zero attached hydrogens (tertiary/aromatic N) is 2. The van der Waals surface area contributed by atoms with E-state index in [0.29, 0.717) is 0 Å². The third-order valence-corrected chi connectivity index (χ3v) is 5.32. The first-order chi connectivity index (χ1) is 13.7. The molecular weight excluding hydrogens is 346 g/mol. The van der Waals surface area contributed by atoms with Gasteiger partial charge in [-0.2, -0.15) is 0 Å². The first-order valence-electron chi connectivity index (χ1n) is 9.09. The van der Waals surface area contributed by atoms with Crippen molar-refractivity contribution in [2.45, 2.75) is 5.41 Å². The van der Waals surface area contributed by atoms with E-state index in [-0.39, 0.29) is 0 Å². The molecule has 0 saturated carbocycles. The third kappa shape index (κ3) is 2.26. The van der Waals surface area contributed by atoms with E-state index in [1.54, 1.807) is 12.4 Å². The van der Waals surface area contributed by atoms with Crippen LogP contribution in [-0.2, 0) is 5.41 Å². The number of para-hydroxylation sites is 1. The molecule has 0 aliphatic carbocycles. The Morgan fingerprint density at radius 3 is 1.89 bits per heavy atom. The molecule has 28 heavy (non-hydrogen) atoms. The standard InChI is InChI=1S/C23H19N5/c24-17-9-5-15(6-10-17)23(16-7-11-18(25)12-8-16)19-3-1-2-4-20(19)28-22-21(23)26-13-14-27-22/h1-14H,24-25H2,(H,27,28). The number of nitrogens with one attached hydrogen (secondary N) is 1. The summed E-state index contributed by atoms with van der Waals surface area (Å²) in [5.41, 5.74) is 17.9.